The Balaban J connectivity index is 0.000000661. The van der Waals surface area contributed by atoms with Crippen LogP contribution < -0.4 is 115 Å². The maximum absolute atomic E-state index is 13.7. The number of carbonyl (C=O) groups excluding carboxylic acids is 6. The van der Waals surface area contributed by atoms with Crippen molar-refractivity contribution in [2.45, 2.75) is 134 Å². The summed E-state index contributed by atoms with van der Waals surface area (Å²) in [6.45, 7) is -0.572. The summed E-state index contributed by atoms with van der Waals surface area (Å²) in [6, 6.07) is -2.35. The molecule has 3 aliphatic rings. The average Bonchev–Trinajstić information content (AvgIpc) is 1.58. The molecule has 0 bridgehead atoms. The molecule has 0 aliphatic heterocycles. The molecule has 0 aromatic heterocycles. The number of Topliss-reactive ketones (excluding diaryl/α,β-unsaturated/α-hetero) is 3. The quantitative estimate of drug-likeness (QED) is 0.00922. The van der Waals surface area contributed by atoms with E-state index >= 15 is 0 Å². The van der Waals surface area contributed by atoms with E-state index < -0.39 is 130 Å². The van der Waals surface area contributed by atoms with Gasteiger partial charge in [-0.25, -0.2) is 26.3 Å². The number of ketones is 3. The summed E-state index contributed by atoms with van der Waals surface area (Å²) in [5, 5.41) is 22.5. The van der Waals surface area contributed by atoms with Crippen molar-refractivity contribution in [3.8, 4) is 17.2 Å². The van der Waals surface area contributed by atoms with E-state index in [0.717, 1.165) is 57.8 Å². The smallest absolute Gasteiger partial charge is 1.00 e. The van der Waals surface area contributed by atoms with Gasteiger partial charge in [0.25, 0.3) is 0 Å². The van der Waals surface area contributed by atoms with Crippen LogP contribution in [0.25, 0.3) is 0 Å². The van der Waals surface area contributed by atoms with Crippen LogP contribution in [0.15, 0.2) is 33.2 Å². The molecule has 3 fully saturated rings. The number of amides is 3. The largest absolute Gasteiger partial charge is 1.00 e. The maximum Gasteiger partial charge on any atom is 1.00 e. The predicted molar refractivity (Wildman–Crippen MR) is 321 cm³/mol. The third-order valence-corrected chi connectivity index (χ3v) is 15.3. The average molecular weight is 1460 g/mol. The maximum atomic E-state index is 13.7. The summed E-state index contributed by atoms with van der Waals surface area (Å²) in [6.07, 6.45) is 13.0. The van der Waals surface area contributed by atoms with Gasteiger partial charge in [-0.05, 0) is 77.0 Å². The van der Waals surface area contributed by atoms with E-state index in [-0.39, 0.29) is 152 Å². The van der Waals surface area contributed by atoms with Crippen molar-refractivity contribution < 1.29 is 152 Å². The van der Waals surface area contributed by atoms with Gasteiger partial charge in [0.15, 0.2) is 87.4 Å². The molecule has 36 heteroatoms. The molecule has 3 aliphatic carbocycles. The topological polar surface area (TPSA) is 342 Å². The Morgan fingerprint density at radius 2 is 0.789 bits per heavy atom. The Labute approximate surface area is 590 Å². The van der Waals surface area contributed by atoms with Crippen molar-refractivity contribution in [1.82, 2.24) is 26.6 Å². The van der Waals surface area contributed by atoms with E-state index in [1.165, 1.54) is 7.05 Å². The number of guanidine groups is 3. The standard InChI is InChI=1S/C20H26F4N4O3.C19H24F4N4O3.C14H25BrN4O2.C6H2F4O.FH.K/c1-26-20(25)27-8-4-7-14(28-19(30)11-5-2-3-6-11)15(29)10-31-18-16(23)12(21)9-13(22)17(18)24;20-11-8-12(21)16(23)17(15(11)22)30-9-14(28)13(6-3-7-26-19(24)25)27-18(29)10-4-1-2-5-10;1-17-14(16)18-8-4-7-11(12(20)9-15)19-13(21)10-5-2-3-6-10;7-2-1-3(8)5(10)6(11)4(2)9;;/h9,11,14H,2-8,10H2,1H3,(H,28,30)(H3,25,26,27);8,10,13H,1-7,9H2,(H,27,29)(H4,24,25,26);10-11H,2-9H2,1H3,(H,19,21)(H3,16,17,18);1,11H;1H;/q;;;;;+1/p-1/t14-;13-;11-;;;/m000.../s1. The molecule has 0 heterocycles. The molecule has 526 valence electrons. The van der Waals surface area contributed by atoms with Crippen molar-refractivity contribution >= 4 is 68.9 Å². The fourth-order valence-corrected chi connectivity index (χ4v) is 9.97. The monoisotopic (exact) mass is 1460 g/mol. The number of aromatic hydroxyl groups is 1. The number of alkyl halides is 1. The summed E-state index contributed by atoms with van der Waals surface area (Å²) in [4.78, 5) is 85.3. The zero-order valence-electron chi connectivity index (χ0n) is 52.3. The van der Waals surface area contributed by atoms with Gasteiger partial charge in [-0.15, -0.1) is 0 Å². The Kier molecular flexibility index (Phi) is 41.1. The molecule has 6 rings (SSSR count). The second-order valence-electron chi connectivity index (χ2n) is 21.5. The van der Waals surface area contributed by atoms with Crippen molar-refractivity contribution in [2.75, 3.05) is 52.3 Å². The number of rotatable bonds is 28. The van der Waals surface area contributed by atoms with Crippen LogP contribution in [0.3, 0.4) is 0 Å². The van der Waals surface area contributed by atoms with Crippen LogP contribution in [-0.2, 0) is 28.8 Å². The van der Waals surface area contributed by atoms with Gasteiger partial charge in [0.05, 0.1) is 23.5 Å². The Bertz CT molecular complexity index is 3030. The SMILES string of the molecule is CN=C(N)NCCC[C@H](NC(=O)C1CCCC1)C(=O)CBr.CN=C(N)NCCC[C@H](NC(=O)C1CCCC1)C(=O)COc1c(F)c(F)cc(F)c1F.NC(N)=NCCC[C@H](NC(=O)C1CCCC1)C(=O)COc1c(F)c(F)cc(F)c1F.Oc1c(F)c(F)cc(F)c1F.[F-].[K+]. The van der Waals surface area contributed by atoms with Gasteiger partial charge in [-0.1, -0.05) is 54.5 Å². The van der Waals surface area contributed by atoms with E-state index in [0.29, 0.717) is 64.0 Å². The van der Waals surface area contributed by atoms with Gasteiger partial charge in [0.1, 0.15) is 13.2 Å². The Hall–Kier alpha value is -6.50. The molecule has 3 saturated carbocycles. The minimum Gasteiger partial charge on any atom is -1.00 e. The number of aliphatic imine (C=N–C) groups is 3. The van der Waals surface area contributed by atoms with Crippen LogP contribution >= 0.6 is 15.9 Å². The van der Waals surface area contributed by atoms with E-state index in [1.807, 2.05) is 0 Å². The number of carbonyl (C=O) groups is 6. The fourth-order valence-electron chi connectivity index (χ4n) is 9.58. The summed E-state index contributed by atoms with van der Waals surface area (Å²) in [7, 11) is 3.11. The summed E-state index contributed by atoms with van der Waals surface area (Å²) in [5.74, 6) is -26.5. The normalized spacial score (nSPS) is 14.9. The molecular weight excluding hydrogens is 1390 g/mol. The van der Waals surface area contributed by atoms with Crippen LogP contribution in [0.2, 0.25) is 0 Å². The van der Waals surface area contributed by atoms with Gasteiger partial charge in [0, 0.05) is 69.7 Å². The molecule has 3 amide bonds. The first kappa shape index (κ1) is 86.5. The number of phenolic OH excluding ortho intramolecular Hbond substituents is 1. The van der Waals surface area contributed by atoms with Crippen LogP contribution in [0.1, 0.15) is 116 Å². The second kappa shape index (κ2) is 45.1. The minimum absolute atomic E-state index is 0. The third kappa shape index (κ3) is 29.4. The molecule has 0 spiro atoms. The number of hydrogen-bond acceptors (Lipinski definition) is 12. The first-order chi connectivity index (χ1) is 44.1. The predicted octanol–water partition coefficient (Wildman–Crippen LogP) is 0.996. The molecule has 3 aromatic carbocycles. The zero-order valence-corrected chi connectivity index (χ0v) is 57.0. The van der Waals surface area contributed by atoms with Crippen molar-refractivity contribution in [1.29, 1.82) is 0 Å². The van der Waals surface area contributed by atoms with Crippen molar-refractivity contribution in [3.05, 3.63) is 88.0 Å². The van der Waals surface area contributed by atoms with E-state index in [2.05, 4.69) is 57.5 Å². The molecule has 3 aromatic rings. The number of phenols is 1. The molecule has 3 atom stereocenters. The summed E-state index contributed by atoms with van der Waals surface area (Å²) in [5.41, 5.74) is 21.5. The summed E-state index contributed by atoms with van der Waals surface area (Å²) >= 11 is 3.18. The first-order valence-corrected chi connectivity index (χ1v) is 30.6. The van der Waals surface area contributed by atoms with Crippen molar-refractivity contribution in [2.24, 2.45) is 55.7 Å². The second-order valence-corrected chi connectivity index (χ2v) is 22.0. The number of ether oxygens (including phenoxy) is 2. The van der Waals surface area contributed by atoms with Gasteiger partial charge < -0.3 is 68.8 Å². The zero-order chi connectivity index (χ0) is 69.5. The van der Waals surface area contributed by atoms with E-state index in [4.69, 9.17) is 37.5 Å². The molecule has 14 N–H and O–H groups in total. The van der Waals surface area contributed by atoms with Crippen LogP contribution in [0.4, 0.5) is 52.7 Å². The van der Waals surface area contributed by atoms with Gasteiger partial charge in [-0.3, -0.25) is 43.7 Å². The number of benzene rings is 3. The molecule has 0 saturated heterocycles. The van der Waals surface area contributed by atoms with Crippen LogP contribution in [0, 0.1) is 87.6 Å². The molecule has 0 radical (unpaired) electrons. The molecule has 0 unspecified atom stereocenters. The Morgan fingerprint density at radius 1 is 0.505 bits per heavy atom. The number of hydrogen-bond donors (Lipinski definition) is 10. The van der Waals surface area contributed by atoms with E-state index in [9.17, 15) is 81.5 Å². The molecular formula is C59H77BrF13KN12O9. The molecule has 21 nitrogen and oxygen atoms in total. The van der Waals surface area contributed by atoms with Gasteiger partial charge in [-0.2, -0.15) is 26.3 Å². The number of nitrogens with one attached hydrogen (secondary N) is 5. The number of nitrogens with zero attached hydrogens (tertiary/aromatic N) is 3. The fraction of sp³-hybridized carbons (Fsp3) is 0.542. The van der Waals surface area contributed by atoms with Crippen LogP contribution in [0.5, 0.6) is 17.2 Å². The van der Waals surface area contributed by atoms with Gasteiger partial charge in [0.2, 0.25) is 52.6 Å². The Morgan fingerprint density at radius 3 is 1.07 bits per heavy atom. The minimum atomic E-state index is -1.79. The first-order valence-electron chi connectivity index (χ1n) is 29.5. The van der Waals surface area contributed by atoms with Crippen molar-refractivity contribution in [3.63, 3.8) is 0 Å². The third-order valence-electron chi connectivity index (χ3n) is 14.8. The molecule has 95 heavy (non-hydrogen) atoms. The number of nitrogens with two attached hydrogens (primary N) is 4. The summed E-state index contributed by atoms with van der Waals surface area (Å²) < 4.78 is 166. The van der Waals surface area contributed by atoms with Crippen LogP contribution in [-0.4, -0.2) is 128 Å². The van der Waals surface area contributed by atoms with E-state index in [1.54, 1.807) is 7.05 Å². The van der Waals surface area contributed by atoms with Gasteiger partial charge >= 0.3 is 51.4 Å². The number of halogens is 14.